The molecule has 0 fully saturated rings. The van der Waals surface area contributed by atoms with E-state index < -0.39 is 10.9 Å². The Bertz CT molecular complexity index is 1160. The molecule has 0 aliphatic heterocycles. The van der Waals surface area contributed by atoms with E-state index in [1.54, 1.807) is 30.5 Å². The minimum absolute atomic E-state index is 0.0624. The molecule has 0 aliphatic carbocycles. The van der Waals surface area contributed by atoms with Gasteiger partial charge in [0, 0.05) is 34.9 Å². The number of aliphatic imine (C=N–C) groups is 1. The smallest absolute Gasteiger partial charge is 0.335 e. The number of hydrogen-bond donors (Lipinski definition) is 1. The van der Waals surface area contributed by atoms with Crippen molar-refractivity contribution in [2.75, 3.05) is 0 Å². The zero-order valence-corrected chi connectivity index (χ0v) is 16.8. The lowest BCUT2D eigenvalue weighted by Crippen LogP contribution is -2.04. The number of aryl methyl sites for hydroxylation is 2. The van der Waals surface area contributed by atoms with Gasteiger partial charge < -0.3 is 9.67 Å². The van der Waals surface area contributed by atoms with Gasteiger partial charge in [0.15, 0.2) is 0 Å². The van der Waals surface area contributed by atoms with Crippen molar-refractivity contribution in [1.82, 2.24) is 4.57 Å². The molecule has 3 rings (SSSR count). The molecule has 8 heteroatoms. The molecule has 0 atom stereocenters. The number of aromatic nitrogens is 1. The summed E-state index contributed by atoms with van der Waals surface area (Å²) in [6.45, 7) is 5.74. The molecule has 7 nitrogen and oxygen atoms in total. The Labute approximate surface area is 172 Å². The van der Waals surface area contributed by atoms with Crippen molar-refractivity contribution < 1.29 is 14.8 Å². The number of nitro benzene ring substituents is 1. The highest BCUT2D eigenvalue weighted by atomic mass is 35.5. The first-order chi connectivity index (χ1) is 13.7. The average molecular weight is 412 g/mol. The lowest BCUT2D eigenvalue weighted by molar-refractivity contribution is -0.384. The van der Waals surface area contributed by atoms with E-state index >= 15 is 0 Å². The van der Waals surface area contributed by atoms with Gasteiger partial charge in [-0.3, -0.25) is 15.1 Å². The molecule has 2 aromatic carbocycles. The number of carbonyl (C=O) groups is 1. The fraction of sp³-hybridized carbons (Fsp3) is 0.143. The molecule has 1 aromatic heterocycles. The molecule has 148 valence electrons. The van der Waals surface area contributed by atoms with Gasteiger partial charge >= 0.3 is 5.97 Å². The summed E-state index contributed by atoms with van der Waals surface area (Å²) in [5.41, 5.74) is 4.91. The highest BCUT2D eigenvalue weighted by Gasteiger charge is 2.14. The van der Waals surface area contributed by atoms with Crippen LogP contribution < -0.4 is 0 Å². The number of hydrogen-bond acceptors (Lipinski definition) is 4. The van der Waals surface area contributed by atoms with Crippen LogP contribution in [0.1, 0.15) is 32.9 Å². The van der Waals surface area contributed by atoms with E-state index in [4.69, 9.17) is 16.7 Å². The summed E-state index contributed by atoms with van der Waals surface area (Å²) in [5, 5.41) is 20.3. The second-order valence-electron chi connectivity index (χ2n) is 6.62. The number of halogens is 1. The number of carboxylic acids is 1. The monoisotopic (exact) mass is 411 g/mol. The van der Waals surface area contributed by atoms with Crippen LogP contribution in [0.4, 0.5) is 11.4 Å². The fourth-order valence-electron chi connectivity index (χ4n) is 3.19. The summed E-state index contributed by atoms with van der Waals surface area (Å²) in [5.74, 6) is -0.967. The molecule has 1 heterocycles. The summed E-state index contributed by atoms with van der Waals surface area (Å²) < 4.78 is 2.02. The number of nitro groups is 1. The van der Waals surface area contributed by atoms with Crippen molar-refractivity contribution in [2.45, 2.75) is 20.8 Å². The molecule has 0 saturated carbocycles. The lowest BCUT2D eigenvalue weighted by atomic mass is 10.1. The van der Waals surface area contributed by atoms with Crippen molar-refractivity contribution >= 4 is 35.2 Å². The summed E-state index contributed by atoms with van der Waals surface area (Å²) in [6.07, 6.45) is 1.65. The highest BCUT2D eigenvalue weighted by Crippen LogP contribution is 2.29. The zero-order chi connectivity index (χ0) is 21.3. The van der Waals surface area contributed by atoms with Crippen molar-refractivity contribution in [3.8, 4) is 5.69 Å². The van der Waals surface area contributed by atoms with Gasteiger partial charge in [0.2, 0.25) is 0 Å². The minimum Gasteiger partial charge on any atom is -0.478 e. The Morgan fingerprint density at radius 2 is 1.90 bits per heavy atom. The van der Waals surface area contributed by atoms with Gasteiger partial charge in [-0.05, 0) is 62.7 Å². The normalized spacial score (nSPS) is 11.2. The maximum absolute atomic E-state index is 11.2. The molecule has 0 radical (unpaired) electrons. The number of benzene rings is 2. The molecule has 0 spiro atoms. The van der Waals surface area contributed by atoms with Crippen LogP contribution in [0.5, 0.6) is 0 Å². The molecule has 29 heavy (non-hydrogen) atoms. The van der Waals surface area contributed by atoms with Gasteiger partial charge in [-0.25, -0.2) is 4.79 Å². The van der Waals surface area contributed by atoms with Gasteiger partial charge in [-0.1, -0.05) is 11.6 Å². The number of aromatic carboxylic acids is 1. The molecule has 0 unspecified atom stereocenters. The first-order valence-corrected chi connectivity index (χ1v) is 9.08. The van der Waals surface area contributed by atoms with Crippen LogP contribution in [0.2, 0.25) is 5.02 Å². The van der Waals surface area contributed by atoms with Crippen molar-refractivity contribution in [3.05, 3.63) is 85.7 Å². The maximum atomic E-state index is 11.2. The molecule has 3 aromatic rings. The Hall–Kier alpha value is -3.45. The first-order valence-electron chi connectivity index (χ1n) is 8.70. The predicted octanol–water partition coefficient (Wildman–Crippen LogP) is 5.41. The minimum atomic E-state index is -0.967. The van der Waals surface area contributed by atoms with Crippen LogP contribution in [-0.4, -0.2) is 26.8 Å². The fourth-order valence-corrected chi connectivity index (χ4v) is 3.38. The summed E-state index contributed by atoms with van der Waals surface area (Å²) >= 11 is 5.84. The first kappa shape index (κ1) is 20.3. The molecular formula is C21H18ClN3O4. The van der Waals surface area contributed by atoms with E-state index in [2.05, 4.69) is 4.99 Å². The summed E-state index contributed by atoms with van der Waals surface area (Å²) in [6, 6.07) is 11.3. The van der Waals surface area contributed by atoms with Crippen LogP contribution in [0.3, 0.4) is 0 Å². The lowest BCUT2D eigenvalue weighted by Gasteiger charge is -2.13. The van der Waals surface area contributed by atoms with Crippen molar-refractivity contribution in [3.63, 3.8) is 0 Å². The highest BCUT2D eigenvalue weighted by molar-refractivity contribution is 6.32. The van der Waals surface area contributed by atoms with E-state index in [1.807, 2.05) is 31.4 Å². The average Bonchev–Trinajstić information content (AvgIpc) is 2.94. The molecule has 0 bridgehead atoms. The SMILES string of the molecule is Cc1cc(C(=O)O)ccc1-n1c(C)cc(C=Nc2ccc(Cl)c([N+](=O)[O-])c2)c1C. The number of nitrogens with zero attached hydrogens (tertiary/aromatic N) is 3. The van der Waals surface area contributed by atoms with Gasteiger partial charge in [0.05, 0.1) is 16.2 Å². The Morgan fingerprint density at radius 3 is 2.52 bits per heavy atom. The quantitative estimate of drug-likeness (QED) is 0.344. The number of rotatable bonds is 5. The third-order valence-electron chi connectivity index (χ3n) is 4.63. The molecular weight excluding hydrogens is 394 g/mol. The second kappa shape index (κ2) is 7.89. The van der Waals surface area contributed by atoms with Crippen LogP contribution >= 0.6 is 11.6 Å². The third-order valence-corrected chi connectivity index (χ3v) is 4.95. The van der Waals surface area contributed by atoms with Crippen molar-refractivity contribution in [1.29, 1.82) is 0 Å². The largest absolute Gasteiger partial charge is 0.478 e. The van der Waals surface area contributed by atoms with Crippen LogP contribution in [0.25, 0.3) is 5.69 Å². The Morgan fingerprint density at radius 1 is 1.17 bits per heavy atom. The topological polar surface area (TPSA) is 97.7 Å². The van der Waals surface area contributed by atoms with Gasteiger partial charge in [0.25, 0.3) is 5.69 Å². The van der Waals surface area contributed by atoms with Crippen molar-refractivity contribution in [2.24, 2.45) is 4.99 Å². The molecule has 1 N–H and O–H groups in total. The summed E-state index contributed by atoms with van der Waals surface area (Å²) in [4.78, 5) is 26.0. The van der Waals surface area contributed by atoms with Gasteiger partial charge in [0.1, 0.15) is 5.02 Å². The zero-order valence-electron chi connectivity index (χ0n) is 16.0. The third kappa shape index (κ3) is 4.05. The number of carboxylic acid groups (broad SMARTS) is 1. The van der Waals surface area contributed by atoms with Gasteiger partial charge in [-0.2, -0.15) is 0 Å². The van der Waals surface area contributed by atoms with E-state index in [0.29, 0.717) is 5.69 Å². The van der Waals surface area contributed by atoms with E-state index in [9.17, 15) is 14.9 Å². The Kier molecular flexibility index (Phi) is 5.52. The molecule has 0 aliphatic rings. The van der Waals surface area contributed by atoms with Gasteiger partial charge in [-0.15, -0.1) is 0 Å². The van der Waals surface area contributed by atoms with E-state index in [1.165, 1.54) is 12.1 Å². The predicted molar refractivity (Wildman–Crippen MR) is 112 cm³/mol. The second-order valence-corrected chi connectivity index (χ2v) is 7.03. The van der Waals surface area contributed by atoms with Crippen LogP contribution in [-0.2, 0) is 0 Å². The van der Waals surface area contributed by atoms with E-state index in [-0.39, 0.29) is 16.3 Å². The molecule has 0 amide bonds. The van der Waals surface area contributed by atoms with Crippen LogP contribution in [0, 0.1) is 30.9 Å². The standard InChI is InChI=1S/C21H18ClN3O4/c1-12-8-15(21(26)27)4-7-19(12)24-13(2)9-16(14(24)3)11-23-17-5-6-18(22)20(10-17)25(28)29/h4-11H,1-3H3,(H,26,27). The summed E-state index contributed by atoms with van der Waals surface area (Å²) in [7, 11) is 0. The molecule has 0 saturated heterocycles. The van der Waals surface area contributed by atoms with E-state index in [0.717, 1.165) is 28.2 Å². The maximum Gasteiger partial charge on any atom is 0.335 e. The Balaban J connectivity index is 1.99. The van der Waals surface area contributed by atoms with Crippen LogP contribution in [0.15, 0.2) is 47.5 Å².